The Kier molecular flexibility index (Phi) is 3.97. The van der Waals surface area contributed by atoms with Crippen molar-refractivity contribution in [3.63, 3.8) is 0 Å². The molecule has 1 atom stereocenters. The first kappa shape index (κ1) is 12.3. The zero-order valence-electron chi connectivity index (χ0n) is 10.6. The van der Waals surface area contributed by atoms with Crippen LogP contribution in [0.15, 0.2) is 18.3 Å². The topological polar surface area (TPSA) is 51.4 Å². The zero-order valence-corrected chi connectivity index (χ0v) is 10.6. The smallest absolute Gasteiger partial charge is 0.0605 e. The third-order valence-corrected chi connectivity index (χ3v) is 3.38. The molecule has 0 saturated carbocycles. The maximum absolute atomic E-state index is 5.79. The monoisotopic (exact) mass is 235 g/mol. The van der Waals surface area contributed by atoms with Crippen molar-refractivity contribution in [2.75, 3.05) is 25.1 Å². The van der Waals surface area contributed by atoms with Crippen LogP contribution in [0.25, 0.3) is 0 Å². The molecule has 0 bridgehead atoms. The summed E-state index contributed by atoms with van der Waals surface area (Å²) in [5.41, 5.74) is 7.91. The number of hydrogen-bond acceptors (Lipinski definition) is 4. The van der Waals surface area contributed by atoms with Gasteiger partial charge in [-0.15, -0.1) is 0 Å². The van der Waals surface area contributed by atoms with Crippen molar-refractivity contribution in [2.24, 2.45) is 5.73 Å². The second kappa shape index (κ2) is 5.47. The molecule has 1 saturated heterocycles. The van der Waals surface area contributed by atoms with E-state index in [9.17, 15) is 0 Å². The summed E-state index contributed by atoms with van der Waals surface area (Å²) in [5.74, 6) is 0. The average molecular weight is 235 g/mol. The quantitative estimate of drug-likeness (QED) is 0.866. The van der Waals surface area contributed by atoms with Crippen molar-refractivity contribution in [2.45, 2.75) is 31.9 Å². The van der Waals surface area contributed by atoms with Crippen molar-refractivity contribution in [1.82, 2.24) is 4.98 Å². The summed E-state index contributed by atoms with van der Waals surface area (Å²) < 4.78 is 5.37. The standard InChI is InChI=1S/C13H21N3O/c1-10(14)13-4-3-11(9-15-13)16-7-5-12(17-2)6-8-16/h3-4,9-10,12H,5-8,14H2,1-2H3/t10-/m0/s1. The van der Waals surface area contributed by atoms with Crippen LogP contribution >= 0.6 is 0 Å². The van der Waals surface area contributed by atoms with Gasteiger partial charge in [0, 0.05) is 26.2 Å². The Bertz CT molecular complexity index is 342. The van der Waals surface area contributed by atoms with Crippen molar-refractivity contribution in [3.8, 4) is 0 Å². The van der Waals surface area contributed by atoms with E-state index in [2.05, 4.69) is 16.0 Å². The number of nitrogens with zero attached hydrogens (tertiary/aromatic N) is 2. The minimum absolute atomic E-state index is 0.00303. The van der Waals surface area contributed by atoms with Crippen LogP contribution in [-0.4, -0.2) is 31.3 Å². The van der Waals surface area contributed by atoms with E-state index >= 15 is 0 Å². The van der Waals surface area contributed by atoms with E-state index in [1.54, 1.807) is 7.11 Å². The highest BCUT2D eigenvalue weighted by atomic mass is 16.5. The second-order valence-corrected chi connectivity index (χ2v) is 4.65. The molecule has 1 aliphatic rings. The van der Waals surface area contributed by atoms with E-state index in [4.69, 9.17) is 10.5 Å². The molecule has 94 valence electrons. The van der Waals surface area contributed by atoms with E-state index < -0.39 is 0 Å². The fourth-order valence-corrected chi connectivity index (χ4v) is 2.20. The van der Waals surface area contributed by atoms with E-state index in [0.717, 1.165) is 31.6 Å². The minimum Gasteiger partial charge on any atom is -0.381 e. The van der Waals surface area contributed by atoms with Crippen LogP contribution in [0.2, 0.25) is 0 Å². The summed E-state index contributed by atoms with van der Waals surface area (Å²) in [6, 6.07) is 4.13. The molecule has 1 aliphatic heterocycles. The lowest BCUT2D eigenvalue weighted by atomic mass is 10.1. The van der Waals surface area contributed by atoms with E-state index in [1.165, 1.54) is 5.69 Å². The normalized spacial score (nSPS) is 19.4. The number of ether oxygens (including phenoxy) is 1. The molecule has 2 rings (SSSR count). The molecule has 1 aromatic heterocycles. The molecule has 0 amide bonds. The molecule has 4 nitrogen and oxygen atoms in total. The number of hydrogen-bond donors (Lipinski definition) is 1. The van der Waals surface area contributed by atoms with E-state index in [-0.39, 0.29) is 6.04 Å². The number of methoxy groups -OCH3 is 1. The molecular weight excluding hydrogens is 214 g/mol. The SMILES string of the molecule is COC1CCN(c2ccc([C@H](C)N)nc2)CC1. The number of nitrogens with two attached hydrogens (primary N) is 1. The zero-order chi connectivity index (χ0) is 12.3. The Balaban J connectivity index is 1.99. The number of rotatable bonds is 3. The van der Waals surface area contributed by atoms with Gasteiger partial charge < -0.3 is 15.4 Å². The Labute approximate surface area is 103 Å². The van der Waals surface area contributed by atoms with Gasteiger partial charge in [-0.05, 0) is 31.9 Å². The first-order valence-electron chi connectivity index (χ1n) is 6.20. The summed E-state index contributed by atoms with van der Waals surface area (Å²) in [6.45, 7) is 4.03. The fourth-order valence-electron chi connectivity index (χ4n) is 2.20. The minimum atomic E-state index is 0.00303. The molecule has 1 fully saturated rings. The number of aromatic nitrogens is 1. The van der Waals surface area contributed by atoms with Crippen molar-refractivity contribution in [3.05, 3.63) is 24.0 Å². The highest BCUT2D eigenvalue weighted by molar-refractivity contribution is 5.45. The van der Waals surface area contributed by atoms with Crippen molar-refractivity contribution in [1.29, 1.82) is 0 Å². The van der Waals surface area contributed by atoms with Gasteiger partial charge in [-0.25, -0.2) is 0 Å². The molecule has 0 aliphatic carbocycles. The molecule has 1 aromatic rings. The number of piperidine rings is 1. The summed E-state index contributed by atoms with van der Waals surface area (Å²) in [5, 5.41) is 0. The van der Waals surface area contributed by atoms with Gasteiger partial charge in [0.25, 0.3) is 0 Å². The summed E-state index contributed by atoms with van der Waals surface area (Å²) in [6.07, 6.45) is 4.52. The lowest BCUT2D eigenvalue weighted by Gasteiger charge is -2.32. The summed E-state index contributed by atoms with van der Waals surface area (Å²) in [7, 11) is 1.79. The third-order valence-electron chi connectivity index (χ3n) is 3.38. The molecule has 0 unspecified atom stereocenters. The molecular formula is C13H21N3O. The van der Waals surface area contributed by atoms with Crippen LogP contribution in [-0.2, 0) is 4.74 Å². The first-order valence-corrected chi connectivity index (χ1v) is 6.20. The van der Waals surface area contributed by atoms with Gasteiger partial charge in [0.1, 0.15) is 0 Å². The molecule has 2 N–H and O–H groups in total. The van der Waals surface area contributed by atoms with Crippen LogP contribution in [0, 0.1) is 0 Å². The number of pyridine rings is 1. The van der Waals surface area contributed by atoms with Crippen molar-refractivity contribution < 1.29 is 4.74 Å². The van der Waals surface area contributed by atoms with Gasteiger partial charge in [0.15, 0.2) is 0 Å². The molecule has 0 radical (unpaired) electrons. The average Bonchev–Trinajstić information content (AvgIpc) is 2.39. The summed E-state index contributed by atoms with van der Waals surface area (Å²) >= 11 is 0. The Hall–Kier alpha value is -1.13. The predicted octanol–water partition coefficient (Wildman–Crippen LogP) is 1.72. The van der Waals surface area contributed by atoms with Gasteiger partial charge in [-0.2, -0.15) is 0 Å². The van der Waals surface area contributed by atoms with Gasteiger partial charge in [0.2, 0.25) is 0 Å². The van der Waals surface area contributed by atoms with Gasteiger partial charge in [-0.1, -0.05) is 0 Å². The third kappa shape index (κ3) is 2.96. The van der Waals surface area contributed by atoms with Crippen LogP contribution in [0.4, 0.5) is 5.69 Å². The first-order chi connectivity index (χ1) is 8.20. The molecule has 17 heavy (non-hydrogen) atoms. The Morgan fingerprint density at radius 3 is 2.59 bits per heavy atom. The van der Waals surface area contributed by atoms with Crippen molar-refractivity contribution >= 4 is 5.69 Å². The van der Waals surface area contributed by atoms with Crippen LogP contribution < -0.4 is 10.6 Å². The van der Waals surface area contributed by atoms with Gasteiger partial charge >= 0.3 is 0 Å². The predicted molar refractivity (Wildman–Crippen MR) is 69.1 cm³/mol. The molecule has 0 spiro atoms. The fraction of sp³-hybridized carbons (Fsp3) is 0.615. The Morgan fingerprint density at radius 2 is 2.12 bits per heavy atom. The highest BCUT2D eigenvalue weighted by Crippen LogP contribution is 2.21. The maximum atomic E-state index is 5.79. The van der Waals surface area contributed by atoms with Crippen LogP contribution in [0.5, 0.6) is 0 Å². The van der Waals surface area contributed by atoms with E-state index in [1.807, 2.05) is 19.2 Å². The van der Waals surface area contributed by atoms with Crippen LogP contribution in [0.3, 0.4) is 0 Å². The summed E-state index contributed by atoms with van der Waals surface area (Å²) in [4.78, 5) is 6.75. The molecule has 2 heterocycles. The van der Waals surface area contributed by atoms with E-state index in [0.29, 0.717) is 6.10 Å². The largest absolute Gasteiger partial charge is 0.381 e. The van der Waals surface area contributed by atoms with Gasteiger partial charge in [-0.3, -0.25) is 4.98 Å². The van der Waals surface area contributed by atoms with Crippen LogP contribution in [0.1, 0.15) is 31.5 Å². The number of anilines is 1. The van der Waals surface area contributed by atoms with Gasteiger partial charge in [0.05, 0.1) is 23.7 Å². The highest BCUT2D eigenvalue weighted by Gasteiger charge is 2.19. The maximum Gasteiger partial charge on any atom is 0.0605 e. The second-order valence-electron chi connectivity index (χ2n) is 4.65. The lowest BCUT2D eigenvalue weighted by molar-refractivity contribution is 0.0819. The molecule has 0 aromatic carbocycles. The lowest BCUT2D eigenvalue weighted by Crippen LogP contribution is -2.36. The molecule has 4 heteroatoms. The Morgan fingerprint density at radius 1 is 1.41 bits per heavy atom.